The van der Waals surface area contributed by atoms with Crippen LogP contribution in [0.1, 0.15) is 43.6 Å². The molecule has 1 saturated carbocycles. The van der Waals surface area contributed by atoms with Crippen molar-refractivity contribution in [3.8, 4) is 0 Å². The summed E-state index contributed by atoms with van der Waals surface area (Å²) in [7, 11) is 0. The lowest BCUT2D eigenvalue weighted by atomic mass is 9.78. The molecule has 98 valence electrons. The smallest absolute Gasteiger partial charge is 0.270 e. The Morgan fingerprint density at radius 1 is 1.39 bits per heavy atom. The molecule has 1 aliphatic rings. The molecule has 0 spiro atoms. The van der Waals surface area contributed by atoms with Crippen molar-refractivity contribution in [3.05, 3.63) is 29.0 Å². The number of amides is 1. The van der Waals surface area contributed by atoms with Crippen LogP contribution in [-0.4, -0.2) is 16.9 Å². The van der Waals surface area contributed by atoms with Crippen LogP contribution in [0.25, 0.3) is 0 Å². The van der Waals surface area contributed by atoms with E-state index in [1.54, 1.807) is 18.2 Å². The van der Waals surface area contributed by atoms with Crippen LogP contribution in [0.2, 0.25) is 5.15 Å². The molecule has 3 nitrogen and oxygen atoms in total. The third-order valence-electron chi connectivity index (χ3n) is 3.97. The molecule has 1 aromatic rings. The van der Waals surface area contributed by atoms with Gasteiger partial charge in [-0.15, -0.1) is 0 Å². The van der Waals surface area contributed by atoms with Gasteiger partial charge in [0.05, 0.1) is 0 Å². The number of halogens is 1. The number of hydrogen-bond acceptors (Lipinski definition) is 2. The van der Waals surface area contributed by atoms with Crippen LogP contribution >= 0.6 is 11.6 Å². The van der Waals surface area contributed by atoms with Gasteiger partial charge in [0, 0.05) is 6.04 Å². The van der Waals surface area contributed by atoms with Crippen LogP contribution in [0.4, 0.5) is 0 Å². The molecule has 4 heteroatoms. The SMILES string of the molecule is CC1CCCC(NC(=O)c2cccc(Cl)n2)C1C. The zero-order valence-corrected chi connectivity index (χ0v) is 11.6. The van der Waals surface area contributed by atoms with E-state index in [9.17, 15) is 4.79 Å². The Kier molecular flexibility index (Phi) is 4.23. The van der Waals surface area contributed by atoms with E-state index in [2.05, 4.69) is 24.1 Å². The molecule has 3 unspecified atom stereocenters. The van der Waals surface area contributed by atoms with Gasteiger partial charge in [-0.25, -0.2) is 4.98 Å². The van der Waals surface area contributed by atoms with Gasteiger partial charge in [0.25, 0.3) is 5.91 Å². The highest BCUT2D eigenvalue weighted by Crippen LogP contribution is 2.29. The van der Waals surface area contributed by atoms with E-state index in [1.165, 1.54) is 12.8 Å². The number of carbonyl (C=O) groups is 1. The summed E-state index contributed by atoms with van der Waals surface area (Å²) in [5.41, 5.74) is 0.396. The fraction of sp³-hybridized carbons (Fsp3) is 0.571. The lowest BCUT2D eigenvalue weighted by Gasteiger charge is -2.34. The average molecular weight is 267 g/mol. The number of rotatable bonds is 2. The zero-order valence-electron chi connectivity index (χ0n) is 10.8. The minimum atomic E-state index is -0.122. The third kappa shape index (κ3) is 3.02. The fourth-order valence-electron chi connectivity index (χ4n) is 2.56. The molecule has 1 amide bonds. The van der Waals surface area contributed by atoms with Crippen LogP contribution in [0.3, 0.4) is 0 Å². The van der Waals surface area contributed by atoms with Gasteiger partial charge in [0.1, 0.15) is 10.8 Å². The molecule has 0 aromatic carbocycles. The van der Waals surface area contributed by atoms with Crippen LogP contribution < -0.4 is 5.32 Å². The second-order valence-electron chi connectivity index (χ2n) is 5.19. The summed E-state index contributed by atoms with van der Waals surface area (Å²) in [6.07, 6.45) is 3.49. The van der Waals surface area contributed by atoms with Gasteiger partial charge in [-0.2, -0.15) is 0 Å². The largest absolute Gasteiger partial charge is 0.348 e. The molecule has 1 N–H and O–H groups in total. The summed E-state index contributed by atoms with van der Waals surface area (Å²) in [6, 6.07) is 5.36. The van der Waals surface area contributed by atoms with E-state index < -0.39 is 0 Å². The fourth-order valence-corrected chi connectivity index (χ4v) is 2.73. The number of nitrogens with one attached hydrogen (secondary N) is 1. The number of hydrogen-bond donors (Lipinski definition) is 1. The molecule has 1 aliphatic carbocycles. The van der Waals surface area contributed by atoms with Gasteiger partial charge in [0.15, 0.2) is 0 Å². The lowest BCUT2D eigenvalue weighted by Crippen LogP contribution is -2.43. The van der Waals surface area contributed by atoms with Crippen molar-refractivity contribution >= 4 is 17.5 Å². The predicted octanol–water partition coefficient (Wildman–Crippen LogP) is 3.29. The van der Waals surface area contributed by atoms with Crippen molar-refractivity contribution in [2.45, 2.75) is 39.2 Å². The Bertz CT molecular complexity index is 436. The Morgan fingerprint density at radius 3 is 2.89 bits per heavy atom. The predicted molar refractivity (Wildman–Crippen MR) is 72.7 cm³/mol. The molecule has 18 heavy (non-hydrogen) atoms. The molecule has 3 atom stereocenters. The van der Waals surface area contributed by atoms with Crippen LogP contribution in [0, 0.1) is 11.8 Å². The van der Waals surface area contributed by atoms with E-state index in [0.717, 1.165) is 6.42 Å². The minimum absolute atomic E-state index is 0.122. The molecule has 1 aromatic heterocycles. The first-order valence-electron chi connectivity index (χ1n) is 6.51. The maximum absolute atomic E-state index is 12.1. The first kappa shape index (κ1) is 13.3. The molecule has 1 heterocycles. The lowest BCUT2D eigenvalue weighted by molar-refractivity contribution is 0.0886. The van der Waals surface area contributed by atoms with E-state index in [1.807, 2.05) is 0 Å². The first-order chi connectivity index (χ1) is 8.58. The number of aromatic nitrogens is 1. The van der Waals surface area contributed by atoms with E-state index in [4.69, 9.17) is 11.6 Å². The van der Waals surface area contributed by atoms with Crippen LogP contribution in [0.15, 0.2) is 18.2 Å². The molecular weight excluding hydrogens is 248 g/mol. The van der Waals surface area contributed by atoms with E-state index in [-0.39, 0.29) is 11.9 Å². The van der Waals surface area contributed by atoms with E-state index >= 15 is 0 Å². The summed E-state index contributed by atoms with van der Waals surface area (Å²) < 4.78 is 0. The van der Waals surface area contributed by atoms with Crippen LogP contribution in [0.5, 0.6) is 0 Å². The molecule has 0 bridgehead atoms. The molecule has 0 aliphatic heterocycles. The second kappa shape index (κ2) is 5.70. The highest BCUT2D eigenvalue weighted by atomic mass is 35.5. The highest BCUT2D eigenvalue weighted by Gasteiger charge is 2.28. The number of pyridine rings is 1. The summed E-state index contributed by atoms with van der Waals surface area (Å²) in [5, 5.41) is 3.44. The number of carbonyl (C=O) groups excluding carboxylic acids is 1. The monoisotopic (exact) mass is 266 g/mol. The zero-order chi connectivity index (χ0) is 13.1. The third-order valence-corrected chi connectivity index (χ3v) is 4.18. The van der Waals surface area contributed by atoms with Gasteiger partial charge in [-0.05, 0) is 30.4 Å². The minimum Gasteiger partial charge on any atom is -0.348 e. The number of nitrogens with zero attached hydrogens (tertiary/aromatic N) is 1. The van der Waals surface area contributed by atoms with E-state index in [0.29, 0.717) is 22.7 Å². The molecule has 1 fully saturated rings. The van der Waals surface area contributed by atoms with Crippen molar-refractivity contribution in [3.63, 3.8) is 0 Å². The standard InChI is InChI=1S/C14H19ClN2O/c1-9-5-3-6-11(10(9)2)17-14(18)12-7-4-8-13(15)16-12/h4,7-11H,3,5-6H2,1-2H3,(H,17,18). The Balaban J connectivity index is 2.03. The summed E-state index contributed by atoms with van der Waals surface area (Å²) >= 11 is 5.79. The van der Waals surface area contributed by atoms with Crippen LogP contribution in [-0.2, 0) is 0 Å². The Hall–Kier alpha value is -1.09. The molecule has 2 rings (SSSR count). The van der Waals surface area contributed by atoms with Gasteiger partial charge in [0.2, 0.25) is 0 Å². The average Bonchev–Trinajstić information content (AvgIpc) is 2.35. The summed E-state index contributed by atoms with van der Waals surface area (Å²) in [5.74, 6) is 1.06. The quantitative estimate of drug-likeness (QED) is 0.835. The molecule has 0 radical (unpaired) electrons. The maximum atomic E-state index is 12.1. The van der Waals surface area contributed by atoms with Crippen molar-refractivity contribution in [2.24, 2.45) is 11.8 Å². The summed E-state index contributed by atoms with van der Waals surface area (Å²) in [6.45, 7) is 4.46. The van der Waals surface area contributed by atoms with Crippen molar-refractivity contribution in [2.75, 3.05) is 0 Å². The Labute approximate surface area is 113 Å². The Morgan fingerprint density at radius 2 is 2.17 bits per heavy atom. The first-order valence-corrected chi connectivity index (χ1v) is 6.89. The van der Waals surface area contributed by atoms with Crippen molar-refractivity contribution < 1.29 is 4.79 Å². The molecule has 0 saturated heterocycles. The second-order valence-corrected chi connectivity index (χ2v) is 5.58. The van der Waals surface area contributed by atoms with Gasteiger partial charge in [-0.1, -0.05) is 44.4 Å². The van der Waals surface area contributed by atoms with Crippen molar-refractivity contribution in [1.29, 1.82) is 0 Å². The highest BCUT2D eigenvalue weighted by molar-refractivity contribution is 6.29. The van der Waals surface area contributed by atoms with Gasteiger partial charge in [-0.3, -0.25) is 4.79 Å². The van der Waals surface area contributed by atoms with Gasteiger partial charge >= 0.3 is 0 Å². The molecular formula is C14H19ClN2O. The van der Waals surface area contributed by atoms with Crippen molar-refractivity contribution in [1.82, 2.24) is 10.3 Å². The topological polar surface area (TPSA) is 42.0 Å². The van der Waals surface area contributed by atoms with Gasteiger partial charge < -0.3 is 5.32 Å². The summed E-state index contributed by atoms with van der Waals surface area (Å²) in [4.78, 5) is 16.1. The maximum Gasteiger partial charge on any atom is 0.270 e. The normalized spacial score (nSPS) is 27.8.